The summed E-state index contributed by atoms with van der Waals surface area (Å²) in [7, 11) is 0. The number of carbonyl (C=O) groups is 2. The van der Waals surface area contributed by atoms with E-state index in [0.717, 1.165) is 12.1 Å². The van der Waals surface area contributed by atoms with Gasteiger partial charge in [0.25, 0.3) is 5.91 Å². The van der Waals surface area contributed by atoms with Crippen molar-refractivity contribution in [2.45, 2.75) is 6.18 Å². The molecule has 0 spiro atoms. The number of pyridine rings is 1. The second-order valence-electron chi connectivity index (χ2n) is 6.06. The van der Waals surface area contributed by atoms with Gasteiger partial charge in [0.05, 0.1) is 11.1 Å². The molecule has 27 heavy (non-hydrogen) atoms. The predicted octanol–water partition coefficient (Wildman–Crippen LogP) is 2.76. The second kappa shape index (κ2) is 7.26. The molecule has 9 heteroatoms. The number of aromatic carboxylic acids is 1. The van der Waals surface area contributed by atoms with E-state index in [1.807, 2.05) is 4.90 Å². The number of rotatable bonds is 3. The Morgan fingerprint density at radius 3 is 2.07 bits per heavy atom. The molecule has 1 aromatic heterocycles. The summed E-state index contributed by atoms with van der Waals surface area (Å²) in [6.45, 7) is 1.77. The SMILES string of the molecule is O=C(O)c1ccc(C(=O)N2CCN(c3ccc(C(F)(F)F)cc3)CC2)cn1. The highest BCUT2D eigenvalue weighted by Crippen LogP contribution is 2.30. The molecule has 142 valence electrons. The molecule has 1 fully saturated rings. The summed E-state index contributed by atoms with van der Waals surface area (Å²) in [6.07, 6.45) is -3.14. The first-order valence-corrected chi connectivity index (χ1v) is 8.16. The van der Waals surface area contributed by atoms with Crippen LogP contribution in [0.4, 0.5) is 18.9 Å². The van der Waals surface area contributed by atoms with E-state index in [2.05, 4.69) is 4.98 Å². The molecule has 2 aromatic rings. The minimum absolute atomic E-state index is 0.140. The van der Waals surface area contributed by atoms with E-state index in [4.69, 9.17) is 5.11 Å². The number of anilines is 1. The van der Waals surface area contributed by atoms with Gasteiger partial charge in [0.2, 0.25) is 0 Å². The van der Waals surface area contributed by atoms with Crippen LogP contribution in [-0.2, 0) is 6.18 Å². The highest BCUT2D eigenvalue weighted by Gasteiger charge is 2.30. The Morgan fingerprint density at radius 1 is 0.963 bits per heavy atom. The molecule has 0 saturated carbocycles. The van der Waals surface area contributed by atoms with Crippen molar-refractivity contribution in [3.63, 3.8) is 0 Å². The number of nitrogens with zero attached hydrogens (tertiary/aromatic N) is 3. The van der Waals surface area contributed by atoms with Gasteiger partial charge in [-0.2, -0.15) is 13.2 Å². The van der Waals surface area contributed by atoms with Gasteiger partial charge in [-0.15, -0.1) is 0 Å². The van der Waals surface area contributed by atoms with Crippen LogP contribution in [0.2, 0.25) is 0 Å². The van der Waals surface area contributed by atoms with Gasteiger partial charge >= 0.3 is 12.1 Å². The Morgan fingerprint density at radius 2 is 1.59 bits per heavy atom. The van der Waals surface area contributed by atoms with Crippen molar-refractivity contribution >= 4 is 17.6 Å². The number of alkyl halides is 3. The monoisotopic (exact) mass is 379 g/mol. The minimum atomic E-state index is -4.37. The Balaban J connectivity index is 1.61. The van der Waals surface area contributed by atoms with Gasteiger partial charge in [-0.25, -0.2) is 9.78 Å². The van der Waals surface area contributed by atoms with Crippen molar-refractivity contribution in [2.24, 2.45) is 0 Å². The van der Waals surface area contributed by atoms with E-state index in [-0.39, 0.29) is 11.6 Å². The maximum atomic E-state index is 12.6. The van der Waals surface area contributed by atoms with Gasteiger partial charge < -0.3 is 14.9 Å². The number of aromatic nitrogens is 1. The highest BCUT2D eigenvalue weighted by molar-refractivity contribution is 5.95. The number of amides is 1. The van der Waals surface area contributed by atoms with Gasteiger partial charge in [-0.3, -0.25) is 4.79 Å². The quantitative estimate of drug-likeness (QED) is 0.888. The van der Waals surface area contributed by atoms with Crippen LogP contribution in [0.25, 0.3) is 0 Å². The lowest BCUT2D eigenvalue weighted by Crippen LogP contribution is -2.48. The Labute approximate surface area is 152 Å². The van der Waals surface area contributed by atoms with Crippen LogP contribution in [0.5, 0.6) is 0 Å². The fourth-order valence-corrected chi connectivity index (χ4v) is 2.86. The molecule has 0 unspecified atom stereocenters. The zero-order chi connectivity index (χ0) is 19.6. The molecule has 0 radical (unpaired) electrons. The average Bonchev–Trinajstić information content (AvgIpc) is 2.67. The number of carboxylic acid groups (broad SMARTS) is 1. The molecule has 0 bridgehead atoms. The molecule has 2 heterocycles. The summed E-state index contributed by atoms with van der Waals surface area (Å²) >= 11 is 0. The maximum Gasteiger partial charge on any atom is 0.416 e. The van der Waals surface area contributed by atoms with Crippen LogP contribution in [0.1, 0.15) is 26.4 Å². The molecule has 6 nitrogen and oxygen atoms in total. The van der Waals surface area contributed by atoms with Crippen molar-refractivity contribution in [3.05, 3.63) is 59.4 Å². The second-order valence-corrected chi connectivity index (χ2v) is 6.06. The minimum Gasteiger partial charge on any atom is -0.477 e. The van der Waals surface area contributed by atoms with Gasteiger partial charge in [0.1, 0.15) is 5.69 Å². The number of piperazine rings is 1. The lowest BCUT2D eigenvalue weighted by molar-refractivity contribution is -0.137. The van der Waals surface area contributed by atoms with Crippen molar-refractivity contribution in [1.29, 1.82) is 0 Å². The van der Waals surface area contributed by atoms with Crippen LogP contribution in [0, 0.1) is 0 Å². The van der Waals surface area contributed by atoms with Crippen molar-refractivity contribution in [1.82, 2.24) is 9.88 Å². The standard InChI is InChI=1S/C18H16F3N3O3/c19-18(20,21)13-2-4-14(5-3-13)23-7-9-24(10-8-23)16(25)12-1-6-15(17(26)27)22-11-12/h1-6,11H,7-10H2,(H,26,27). The largest absolute Gasteiger partial charge is 0.477 e. The topological polar surface area (TPSA) is 73.7 Å². The average molecular weight is 379 g/mol. The van der Waals surface area contributed by atoms with Crippen molar-refractivity contribution in [2.75, 3.05) is 31.1 Å². The molecule has 0 aliphatic carbocycles. The number of carboxylic acids is 1. The number of benzene rings is 1. The van der Waals surface area contributed by atoms with Crippen LogP contribution < -0.4 is 4.90 Å². The molecule has 1 N–H and O–H groups in total. The summed E-state index contributed by atoms with van der Waals surface area (Å²) in [4.78, 5) is 30.5. The van der Waals surface area contributed by atoms with Crippen LogP contribution >= 0.6 is 0 Å². The van der Waals surface area contributed by atoms with Gasteiger partial charge in [0, 0.05) is 38.1 Å². The first-order valence-electron chi connectivity index (χ1n) is 8.16. The zero-order valence-electron chi connectivity index (χ0n) is 14.1. The molecule has 1 aliphatic heterocycles. The third-order valence-electron chi connectivity index (χ3n) is 4.36. The molecule has 1 saturated heterocycles. The van der Waals surface area contributed by atoms with Crippen LogP contribution in [-0.4, -0.2) is 53.0 Å². The van der Waals surface area contributed by atoms with Gasteiger partial charge in [-0.05, 0) is 36.4 Å². The number of carbonyl (C=O) groups excluding carboxylic acids is 1. The summed E-state index contributed by atoms with van der Waals surface area (Å²) in [5.74, 6) is -1.43. The first-order chi connectivity index (χ1) is 12.8. The fraction of sp³-hybridized carbons (Fsp3) is 0.278. The van der Waals surface area contributed by atoms with E-state index >= 15 is 0 Å². The summed E-state index contributed by atoms with van der Waals surface area (Å²) in [5.41, 5.74) is 0.126. The lowest BCUT2D eigenvalue weighted by atomic mass is 10.1. The van der Waals surface area contributed by atoms with Gasteiger partial charge in [0.15, 0.2) is 0 Å². The predicted molar refractivity (Wildman–Crippen MR) is 90.8 cm³/mol. The molecular weight excluding hydrogens is 363 g/mol. The Bertz CT molecular complexity index is 828. The molecule has 1 aromatic carbocycles. The highest BCUT2D eigenvalue weighted by atomic mass is 19.4. The van der Waals surface area contributed by atoms with Crippen LogP contribution in [0.15, 0.2) is 42.6 Å². The van der Waals surface area contributed by atoms with E-state index in [1.165, 1.54) is 30.5 Å². The fourth-order valence-electron chi connectivity index (χ4n) is 2.86. The third-order valence-corrected chi connectivity index (χ3v) is 4.36. The molecular formula is C18H16F3N3O3. The number of hydrogen-bond donors (Lipinski definition) is 1. The van der Waals surface area contributed by atoms with E-state index in [0.29, 0.717) is 37.4 Å². The number of hydrogen-bond acceptors (Lipinski definition) is 4. The van der Waals surface area contributed by atoms with Crippen molar-refractivity contribution in [3.8, 4) is 0 Å². The zero-order valence-corrected chi connectivity index (χ0v) is 14.1. The van der Waals surface area contributed by atoms with Crippen molar-refractivity contribution < 1.29 is 27.9 Å². The summed E-state index contributed by atoms with van der Waals surface area (Å²) in [5, 5.41) is 8.84. The summed E-state index contributed by atoms with van der Waals surface area (Å²) < 4.78 is 37.9. The van der Waals surface area contributed by atoms with Gasteiger partial charge in [-0.1, -0.05) is 0 Å². The van der Waals surface area contributed by atoms with E-state index in [1.54, 1.807) is 4.90 Å². The van der Waals surface area contributed by atoms with E-state index < -0.39 is 17.7 Å². The molecule has 1 amide bonds. The Hall–Kier alpha value is -3.10. The normalized spacial score (nSPS) is 14.9. The molecule has 3 rings (SSSR count). The Kier molecular flexibility index (Phi) is 5.02. The maximum absolute atomic E-state index is 12.6. The van der Waals surface area contributed by atoms with E-state index in [9.17, 15) is 22.8 Å². The third kappa shape index (κ3) is 4.18. The van der Waals surface area contributed by atoms with Crippen LogP contribution in [0.3, 0.4) is 0 Å². The first kappa shape index (κ1) is 18.7. The smallest absolute Gasteiger partial charge is 0.416 e. The summed E-state index contributed by atoms with van der Waals surface area (Å²) in [6, 6.07) is 7.63. The number of halogens is 3. The molecule has 1 aliphatic rings. The lowest BCUT2D eigenvalue weighted by Gasteiger charge is -2.36. The molecule has 0 atom stereocenters.